The number of hydrogen-bond acceptors (Lipinski definition) is 4. The molecular formula is C12H13ClN4O2. The Morgan fingerprint density at radius 2 is 1.21 bits per heavy atom. The van der Waals surface area contributed by atoms with Gasteiger partial charge in [-0.3, -0.25) is 19.6 Å². The predicted molar refractivity (Wildman–Crippen MR) is 72.8 cm³/mol. The fourth-order valence-electron chi connectivity index (χ4n) is 1.02. The van der Waals surface area contributed by atoms with Gasteiger partial charge in [-0.2, -0.15) is 0 Å². The molecule has 0 aliphatic carbocycles. The summed E-state index contributed by atoms with van der Waals surface area (Å²) in [5, 5.41) is 0. The first-order valence-corrected chi connectivity index (χ1v) is 5.01. The fourth-order valence-corrected chi connectivity index (χ4v) is 1.02. The van der Waals surface area contributed by atoms with E-state index in [2.05, 4.69) is 9.97 Å². The van der Waals surface area contributed by atoms with Crippen LogP contribution in [0.5, 0.6) is 0 Å². The minimum Gasteiger partial charge on any atom is -0.366 e. The molecule has 2 aromatic rings. The summed E-state index contributed by atoms with van der Waals surface area (Å²) in [5.41, 5.74) is 10.8. The van der Waals surface area contributed by atoms with E-state index < -0.39 is 11.8 Å². The van der Waals surface area contributed by atoms with Gasteiger partial charge in [0.25, 0.3) is 0 Å². The average molecular weight is 281 g/mol. The molecule has 0 saturated carbocycles. The van der Waals surface area contributed by atoms with Gasteiger partial charge >= 0.3 is 0 Å². The highest BCUT2D eigenvalue weighted by molar-refractivity contribution is 5.92. The van der Waals surface area contributed by atoms with E-state index >= 15 is 0 Å². The van der Waals surface area contributed by atoms with Crippen molar-refractivity contribution in [1.82, 2.24) is 9.97 Å². The maximum Gasteiger partial charge on any atom is 0.250 e. The van der Waals surface area contributed by atoms with E-state index in [1.165, 1.54) is 12.4 Å². The SMILES string of the molecule is Cl.NC(=O)c1cccnc1.NC(=O)c1cccnc1. The molecule has 0 aromatic carbocycles. The smallest absolute Gasteiger partial charge is 0.250 e. The zero-order valence-electron chi connectivity index (χ0n) is 9.89. The van der Waals surface area contributed by atoms with E-state index in [1.807, 2.05) is 0 Å². The molecule has 19 heavy (non-hydrogen) atoms. The molecule has 6 nitrogen and oxygen atoms in total. The van der Waals surface area contributed by atoms with Gasteiger partial charge in [0.2, 0.25) is 11.8 Å². The molecule has 0 radical (unpaired) electrons. The Bertz CT molecular complexity index is 470. The second-order valence-electron chi connectivity index (χ2n) is 3.21. The zero-order valence-corrected chi connectivity index (χ0v) is 10.7. The molecule has 4 N–H and O–H groups in total. The number of aromatic nitrogens is 2. The summed E-state index contributed by atoms with van der Waals surface area (Å²) in [7, 11) is 0. The molecule has 0 bridgehead atoms. The molecule has 2 rings (SSSR count). The molecule has 0 fully saturated rings. The van der Waals surface area contributed by atoms with Gasteiger partial charge in [-0.1, -0.05) is 0 Å². The van der Waals surface area contributed by atoms with Crippen LogP contribution in [0.2, 0.25) is 0 Å². The number of nitrogens with two attached hydrogens (primary N) is 2. The van der Waals surface area contributed by atoms with Crippen molar-refractivity contribution in [2.24, 2.45) is 11.5 Å². The van der Waals surface area contributed by atoms with E-state index in [1.54, 1.807) is 36.7 Å². The Kier molecular flexibility index (Phi) is 7.48. The third kappa shape index (κ3) is 6.13. The summed E-state index contributed by atoms with van der Waals surface area (Å²) < 4.78 is 0. The van der Waals surface area contributed by atoms with Crippen LogP contribution in [0, 0.1) is 0 Å². The van der Waals surface area contributed by atoms with Crippen LogP contribution in [0.4, 0.5) is 0 Å². The first-order valence-electron chi connectivity index (χ1n) is 5.01. The molecule has 0 unspecified atom stereocenters. The quantitative estimate of drug-likeness (QED) is 0.846. The Balaban J connectivity index is 0.000000324. The number of nitrogens with zero attached hydrogens (tertiary/aromatic N) is 2. The molecule has 0 atom stereocenters. The summed E-state index contributed by atoms with van der Waals surface area (Å²) in [6.45, 7) is 0. The number of hydrogen-bond donors (Lipinski definition) is 2. The molecule has 2 amide bonds. The summed E-state index contributed by atoms with van der Waals surface area (Å²) in [6, 6.07) is 6.57. The van der Waals surface area contributed by atoms with Gasteiger partial charge in [-0.25, -0.2) is 0 Å². The van der Waals surface area contributed by atoms with E-state index in [0.29, 0.717) is 11.1 Å². The van der Waals surface area contributed by atoms with Crippen molar-refractivity contribution in [3.8, 4) is 0 Å². The molecule has 0 aliphatic rings. The highest BCUT2D eigenvalue weighted by Crippen LogP contribution is 1.92. The van der Waals surface area contributed by atoms with Crippen LogP contribution in [0.1, 0.15) is 20.7 Å². The van der Waals surface area contributed by atoms with Crippen molar-refractivity contribution >= 4 is 24.2 Å². The average Bonchev–Trinajstić information content (AvgIpc) is 2.41. The first kappa shape index (κ1) is 16.5. The van der Waals surface area contributed by atoms with Crippen LogP contribution < -0.4 is 11.5 Å². The number of carbonyl (C=O) groups excluding carboxylic acids is 2. The van der Waals surface area contributed by atoms with Gasteiger partial charge in [-0.05, 0) is 24.3 Å². The van der Waals surface area contributed by atoms with E-state index in [-0.39, 0.29) is 12.4 Å². The molecule has 7 heteroatoms. The zero-order chi connectivity index (χ0) is 13.4. The van der Waals surface area contributed by atoms with Crippen molar-refractivity contribution in [1.29, 1.82) is 0 Å². The van der Waals surface area contributed by atoms with Crippen molar-refractivity contribution in [2.45, 2.75) is 0 Å². The summed E-state index contributed by atoms with van der Waals surface area (Å²) >= 11 is 0. The molecule has 0 aliphatic heterocycles. The Hall–Kier alpha value is -2.47. The van der Waals surface area contributed by atoms with E-state index in [4.69, 9.17) is 11.5 Å². The highest BCUT2D eigenvalue weighted by Gasteiger charge is 1.95. The molecule has 0 saturated heterocycles. The summed E-state index contributed by atoms with van der Waals surface area (Å²) in [4.78, 5) is 28.2. The number of amides is 2. The third-order valence-electron chi connectivity index (χ3n) is 1.89. The van der Waals surface area contributed by atoms with E-state index in [9.17, 15) is 9.59 Å². The van der Waals surface area contributed by atoms with Gasteiger partial charge in [0.05, 0.1) is 11.1 Å². The van der Waals surface area contributed by atoms with Gasteiger partial charge in [-0.15, -0.1) is 12.4 Å². The fraction of sp³-hybridized carbons (Fsp3) is 0. The molecule has 100 valence electrons. The number of halogens is 1. The minimum absolute atomic E-state index is 0. The largest absolute Gasteiger partial charge is 0.366 e. The second kappa shape index (κ2) is 8.60. The number of carbonyl (C=O) groups is 2. The monoisotopic (exact) mass is 280 g/mol. The molecule has 2 aromatic heterocycles. The lowest BCUT2D eigenvalue weighted by molar-refractivity contribution is 0.0991. The van der Waals surface area contributed by atoms with Gasteiger partial charge in [0.15, 0.2) is 0 Å². The van der Waals surface area contributed by atoms with Gasteiger partial charge in [0.1, 0.15) is 0 Å². The second-order valence-corrected chi connectivity index (χ2v) is 3.21. The van der Waals surface area contributed by atoms with Crippen LogP contribution in [0.25, 0.3) is 0 Å². The maximum atomic E-state index is 10.4. The van der Waals surface area contributed by atoms with Crippen LogP contribution in [0.15, 0.2) is 49.1 Å². The Morgan fingerprint density at radius 1 is 0.842 bits per heavy atom. The lowest BCUT2D eigenvalue weighted by Gasteiger charge is -1.88. The first-order chi connectivity index (χ1) is 8.61. The molecule has 2 heterocycles. The Labute approximate surface area is 116 Å². The van der Waals surface area contributed by atoms with Gasteiger partial charge < -0.3 is 11.5 Å². The highest BCUT2D eigenvalue weighted by atomic mass is 35.5. The van der Waals surface area contributed by atoms with Crippen molar-refractivity contribution in [3.05, 3.63) is 60.2 Å². The van der Waals surface area contributed by atoms with E-state index in [0.717, 1.165) is 0 Å². The summed E-state index contributed by atoms with van der Waals surface area (Å²) in [5.74, 6) is -0.883. The number of pyridine rings is 2. The maximum absolute atomic E-state index is 10.4. The van der Waals surface area contributed by atoms with Crippen LogP contribution >= 0.6 is 12.4 Å². The molecule has 0 spiro atoms. The van der Waals surface area contributed by atoms with Crippen molar-refractivity contribution in [3.63, 3.8) is 0 Å². The minimum atomic E-state index is -0.442. The lowest BCUT2D eigenvalue weighted by Crippen LogP contribution is -2.10. The van der Waals surface area contributed by atoms with Crippen LogP contribution in [0.3, 0.4) is 0 Å². The third-order valence-corrected chi connectivity index (χ3v) is 1.89. The summed E-state index contributed by atoms with van der Waals surface area (Å²) in [6.07, 6.45) is 6.05. The van der Waals surface area contributed by atoms with Gasteiger partial charge in [0, 0.05) is 24.8 Å². The van der Waals surface area contributed by atoms with Crippen molar-refractivity contribution < 1.29 is 9.59 Å². The number of rotatable bonds is 2. The van der Waals surface area contributed by atoms with Crippen molar-refractivity contribution in [2.75, 3.05) is 0 Å². The molecular weight excluding hydrogens is 268 g/mol. The predicted octanol–water partition coefficient (Wildman–Crippen LogP) is 0.783. The standard InChI is InChI=1S/2C6H6N2O.ClH/c2*7-6(9)5-2-1-3-8-4-5;/h2*1-4H,(H2,7,9);1H. The van der Waals surface area contributed by atoms with Crippen LogP contribution in [-0.4, -0.2) is 21.8 Å². The van der Waals surface area contributed by atoms with Crippen LogP contribution in [-0.2, 0) is 0 Å². The topological polar surface area (TPSA) is 112 Å². The Morgan fingerprint density at radius 3 is 1.37 bits per heavy atom. The number of primary amides is 2. The normalized spacial score (nSPS) is 8.42. The lowest BCUT2D eigenvalue weighted by atomic mass is 10.3.